The van der Waals surface area contributed by atoms with Gasteiger partial charge in [-0.05, 0) is 12.8 Å². The van der Waals surface area contributed by atoms with Crippen LogP contribution in [0, 0.1) is 0 Å². The van der Waals surface area contributed by atoms with Crippen LogP contribution >= 0.6 is 7.37 Å². The van der Waals surface area contributed by atoms with Crippen molar-refractivity contribution in [3.05, 3.63) is 0 Å². The van der Waals surface area contributed by atoms with E-state index in [2.05, 4.69) is 0 Å². The first kappa shape index (κ1) is 11.3. The van der Waals surface area contributed by atoms with Crippen molar-refractivity contribution >= 4 is 7.37 Å². The van der Waals surface area contributed by atoms with E-state index >= 15 is 0 Å². The van der Waals surface area contributed by atoms with Crippen LogP contribution in [0.1, 0.15) is 46.0 Å². The summed E-state index contributed by atoms with van der Waals surface area (Å²) in [5.41, 5.74) is 0. The second-order valence-corrected chi connectivity index (χ2v) is 6.92. The zero-order valence-electron chi connectivity index (χ0n) is 8.79. The molecule has 0 unspecified atom stereocenters. The van der Waals surface area contributed by atoms with E-state index in [1.54, 1.807) is 0 Å². The van der Waals surface area contributed by atoms with Crippen LogP contribution in [-0.4, -0.2) is 18.4 Å². The lowest BCUT2D eigenvalue weighted by atomic mass is 9.98. The summed E-state index contributed by atoms with van der Waals surface area (Å²) in [7, 11) is -2.25. The van der Waals surface area contributed by atoms with Gasteiger partial charge in [-0.3, -0.25) is 4.57 Å². The third-order valence-electron chi connectivity index (χ3n) is 2.86. The molecule has 0 aromatic carbocycles. The SMILES string of the molecule is CCP(=O)(CC)OC1CCCCC1. The van der Waals surface area contributed by atoms with E-state index in [9.17, 15) is 4.57 Å². The topological polar surface area (TPSA) is 26.3 Å². The molecule has 1 rings (SSSR count). The van der Waals surface area contributed by atoms with Crippen molar-refractivity contribution in [3.8, 4) is 0 Å². The highest BCUT2D eigenvalue weighted by Gasteiger charge is 2.24. The zero-order valence-corrected chi connectivity index (χ0v) is 9.69. The van der Waals surface area contributed by atoms with Crippen molar-refractivity contribution in [1.29, 1.82) is 0 Å². The van der Waals surface area contributed by atoms with Crippen molar-refractivity contribution in [2.45, 2.75) is 52.1 Å². The highest BCUT2D eigenvalue weighted by atomic mass is 31.2. The van der Waals surface area contributed by atoms with Crippen LogP contribution in [-0.2, 0) is 9.09 Å². The first-order valence-electron chi connectivity index (χ1n) is 5.46. The molecular weight excluding hydrogens is 183 g/mol. The Morgan fingerprint density at radius 1 is 1.15 bits per heavy atom. The van der Waals surface area contributed by atoms with Gasteiger partial charge >= 0.3 is 0 Å². The molecular formula is C10H21O2P. The van der Waals surface area contributed by atoms with Gasteiger partial charge in [-0.25, -0.2) is 0 Å². The van der Waals surface area contributed by atoms with Gasteiger partial charge in [0.05, 0.1) is 6.10 Å². The molecule has 0 aromatic rings. The maximum Gasteiger partial charge on any atom is 0.202 e. The molecule has 0 atom stereocenters. The van der Waals surface area contributed by atoms with Crippen LogP contribution in [0.25, 0.3) is 0 Å². The Bertz CT molecular complexity index is 177. The lowest BCUT2D eigenvalue weighted by molar-refractivity contribution is 0.158. The molecule has 78 valence electrons. The fourth-order valence-corrected chi connectivity index (χ4v) is 3.31. The molecule has 1 fully saturated rings. The smallest absolute Gasteiger partial charge is 0.202 e. The van der Waals surface area contributed by atoms with Gasteiger partial charge in [0, 0.05) is 12.3 Å². The standard InChI is InChI=1S/C10H21O2P/c1-3-13(11,4-2)12-10-8-6-5-7-9-10/h10H,3-9H2,1-2H3. The molecule has 0 bridgehead atoms. The van der Waals surface area contributed by atoms with Crippen LogP contribution < -0.4 is 0 Å². The van der Waals surface area contributed by atoms with Gasteiger partial charge in [-0.2, -0.15) is 0 Å². The van der Waals surface area contributed by atoms with Gasteiger partial charge in [-0.1, -0.05) is 33.1 Å². The van der Waals surface area contributed by atoms with Crippen LogP contribution in [0.4, 0.5) is 0 Å². The Labute approximate surface area is 81.5 Å². The van der Waals surface area contributed by atoms with E-state index in [1.165, 1.54) is 19.3 Å². The predicted octanol–water partition coefficient (Wildman–Crippen LogP) is 3.65. The molecule has 1 aliphatic carbocycles. The van der Waals surface area contributed by atoms with Crippen molar-refractivity contribution in [2.24, 2.45) is 0 Å². The average molecular weight is 204 g/mol. The quantitative estimate of drug-likeness (QED) is 0.653. The summed E-state index contributed by atoms with van der Waals surface area (Å²) < 4.78 is 17.7. The summed E-state index contributed by atoms with van der Waals surface area (Å²) in [5.74, 6) is 0. The summed E-state index contributed by atoms with van der Waals surface area (Å²) in [6.07, 6.45) is 7.73. The van der Waals surface area contributed by atoms with Crippen molar-refractivity contribution in [3.63, 3.8) is 0 Å². The van der Waals surface area contributed by atoms with Gasteiger partial charge in [0.2, 0.25) is 7.37 Å². The highest BCUT2D eigenvalue weighted by Crippen LogP contribution is 2.48. The summed E-state index contributed by atoms with van der Waals surface area (Å²) >= 11 is 0. The van der Waals surface area contributed by atoms with Gasteiger partial charge in [0.1, 0.15) is 0 Å². The van der Waals surface area contributed by atoms with Gasteiger partial charge in [0.25, 0.3) is 0 Å². The minimum Gasteiger partial charge on any atom is -0.325 e. The third kappa shape index (κ3) is 3.44. The van der Waals surface area contributed by atoms with Crippen LogP contribution in [0.2, 0.25) is 0 Å². The first-order chi connectivity index (χ1) is 6.20. The van der Waals surface area contributed by atoms with E-state index in [4.69, 9.17) is 4.52 Å². The van der Waals surface area contributed by atoms with E-state index in [-0.39, 0.29) is 0 Å². The number of rotatable bonds is 4. The molecule has 1 saturated carbocycles. The first-order valence-corrected chi connectivity index (χ1v) is 7.46. The Hall–Kier alpha value is 0.190. The second-order valence-electron chi connectivity index (χ2n) is 3.81. The number of hydrogen-bond acceptors (Lipinski definition) is 2. The molecule has 0 heterocycles. The maximum absolute atomic E-state index is 12.0. The van der Waals surface area contributed by atoms with Crippen LogP contribution in [0.5, 0.6) is 0 Å². The predicted molar refractivity (Wildman–Crippen MR) is 56.6 cm³/mol. The van der Waals surface area contributed by atoms with Gasteiger partial charge < -0.3 is 4.52 Å². The largest absolute Gasteiger partial charge is 0.325 e. The normalized spacial score (nSPS) is 20.5. The van der Waals surface area contributed by atoms with Crippen molar-refractivity contribution in [1.82, 2.24) is 0 Å². The average Bonchev–Trinajstić information content (AvgIpc) is 2.19. The Morgan fingerprint density at radius 2 is 1.69 bits per heavy atom. The molecule has 0 spiro atoms. The van der Waals surface area contributed by atoms with Crippen LogP contribution in [0.15, 0.2) is 0 Å². The lowest BCUT2D eigenvalue weighted by Crippen LogP contribution is -2.16. The van der Waals surface area contributed by atoms with E-state index < -0.39 is 7.37 Å². The molecule has 0 radical (unpaired) electrons. The monoisotopic (exact) mass is 204 g/mol. The zero-order chi connectivity index (χ0) is 9.73. The second kappa shape index (κ2) is 5.17. The molecule has 0 N–H and O–H groups in total. The van der Waals surface area contributed by atoms with Gasteiger partial charge in [-0.15, -0.1) is 0 Å². The van der Waals surface area contributed by atoms with E-state index in [0.717, 1.165) is 12.8 Å². The van der Waals surface area contributed by atoms with E-state index in [1.807, 2.05) is 13.8 Å². The fourth-order valence-electron chi connectivity index (χ4n) is 1.81. The summed E-state index contributed by atoms with van der Waals surface area (Å²) in [6, 6.07) is 0. The minimum absolute atomic E-state index is 0.291. The molecule has 0 aliphatic heterocycles. The molecule has 0 saturated heterocycles. The lowest BCUT2D eigenvalue weighted by Gasteiger charge is -2.26. The van der Waals surface area contributed by atoms with E-state index in [0.29, 0.717) is 18.4 Å². The Morgan fingerprint density at radius 3 is 2.15 bits per heavy atom. The van der Waals surface area contributed by atoms with Crippen LogP contribution in [0.3, 0.4) is 0 Å². The molecule has 0 amide bonds. The highest BCUT2D eigenvalue weighted by molar-refractivity contribution is 7.58. The fraction of sp³-hybridized carbons (Fsp3) is 1.00. The molecule has 2 nitrogen and oxygen atoms in total. The summed E-state index contributed by atoms with van der Waals surface area (Å²) in [5, 5.41) is 0. The maximum atomic E-state index is 12.0. The Kier molecular flexibility index (Phi) is 4.48. The van der Waals surface area contributed by atoms with Crippen molar-refractivity contribution in [2.75, 3.05) is 12.3 Å². The Balaban J connectivity index is 2.40. The molecule has 0 aromatic heterocycles. The molecule has 1 aliphatic rings. The summed E-state index contributed by atoms with van der Waals surface area (Å²) in [6.45, 7) is 3.93. The van der Waals surface area contributed by atoms with Crippen molar-refractivity contribution < 1.29 is 9.09 Å². The summed E-state index contributed by atoms with van der Waals surface area (Å²) in [4.78, 5) is 0. The molecule has 3 heteroatoms. The van der Waals surface area contributed by atoms with Gasteiger partial charge in [0.15, 0.2) is 0 Å². The minimum atomic E-state index is -2.25. The number of hydrogen-bond donors (Lipinski definition) is 0. The molecule has 13 heavy (non-hydrogen) atoms. The third-order valence-corrected chi connectivity index (χ3v) is 5.47.